The van der Waals surface area contributed by atoms with Crippen molar-refractivity contribution in [2.45, 2.75) is 64.3 Å². The highest BCUT2D eigenvalue weighted by molar-refractivity contribution is 5.95. The van der Waals surface area contributed by atoms with E-state index in [2.05, 4.69) is 33.2 Å². The minimum atomic E-state index is -0.387. The van der Waals surface area contributed by atoms with Crippen LogP contribution in [-0.2, 0) is 6.42 Å². The fourth-order valence-electron chi connectivity index (χ4n) is 5.59. The Morgan fingerprint density at radius 1 is 0.886 bits per heavy atom. The fraction of sp³-hybridized carbons (Fsp3) is 0.378. The lowest BCUT2D eigenvalue weighted by Gasteiger charge is -2.20. The second-order valence-corrected chi connectivity index (χ2v) is 11.6. The molecule has 0 bridgehead atoms. The van der Waals surface area contributed by atoms with Gasteiger partial charge in [0.1, 0.15) is 5.75 Å². The van der Waals surface area contributed by atoms with Crippen molar-refractivity contribution >= 4 is 11.6 Å². The van der Waals surface area contributed by atoms with E-state index in [1.54, 1.807) is 0 Å². The summed E-state index contributed by atoms with van der Waals surface area (Å²) in [7, 11) is 0. The molecule has 44 heavy (non-hydrogen) atoms. The van der Waals surface area contributed by atoms with Gasteiger partial charge in [0.25, 0.3) is 5.91 Å². The van der Waals surface area contributed by atoms with Crippen molar-refractivity contribution in [1.82, 2.24) is 15.3 Å². The number of hydrogen-bond acceptors (Lipinski definition) is 6. The number of ether oxygens (including phenoxy) is 1. The summed E-state index contributed by atoms with van der Waals surface area (Å²) in [6, 6.07) is 23.4. The number of aromatic nitrogens is 2. The Kier molecular flexibility index (Phi) is 11.4. The van der Waals surface area contributed by atoms with E-state index in [1.165, 1.54) is 38.5 Å². The van der Waals surface area contributed by atoms with Crippen LogP contribution < -0.4 is 15.0 Å². The van der Waals surface area contributed by atoms with Gasteiger partial charge in [-0.2, -0.15) is 0 Å². The molecule has 1 amide bonds. The average molecular weight is 593 g/mol. The molecule has 1 aliphatic heterocycles. The van der Waals surface area contributed by atoms with Gasteiger partial charge < -0.3 is 20.1 Å². The van der Waals surface area contributed by atoms with Crippen molar-refractivity contribution in [3.05, 3.63) is 96.3 Å². The Balaban J connectivity index is 1.13. The number of unbranched alkanes of at least 4 members (excludes halogenated alkanes) is 4. The largest absolute Gasteiger partial charge is 0.494 e. The first-order valence-corrected chi connectivity index (χ1v) is 16.0. The smallest absolute Gasteiger partial charge is 0.251 e. The van der Waals surface area contributed by atoms with Gasteiger partial charge in [0.05, 0.1) is 19.3 Å². The first-order chi connectivity index (χ1) is 21.6. The third-order valence-electron chi connectivity index (χ3n) is 8.19. The van der Waals surface area contributed by atoms with Crippen molar-refractivity contribution in [2.24, 2.45) is 0 Å². The molecule has 1 saturated heterocycles. The van der Waals surface area contributed by atoms with Crippen molar-refractivity contribution in [3.8, 4) is 28.3 Å². The normalized spacial score (nSPS) is 13.5. The zero-order chi connectivity index (χ0) is 30.6. The van der Waals surface area contributed by atoms with Gasteiger partial charge in [0, 0.05) is 47.9 Å². The zero-order valence-corrected chi connectivity index (χ0v) is 25.8. The van der Waals surface area contributed by atoms with E-state index in [0.29, 0.717) is 17.8 Å². The maximum atomic E-state index is 13.0. The Hall–Kier alpha value is -4.23. The van der Waals surface area contributed by atoms with Gasteiger partial charge in [0.2, 0.25) is 0 Å². The van der Waals surface area contributed by atoms with Crippen LogP contribution in [0.15, 0.2) is 85.2 Å². The maximum absolute atomic E-state index is 13.0. The number of nitrogens with one attached hydrogen (secondary N) is 1. The first kappa shape index (κ1) is 31.2. The van der Waals surface area contributed by atoms with E-state index >= 15 is 0 Å². The van der Waals surface area contributed by atoms with Crippen molar-refractivity contribution < 1.29 is 14.6 Å². The number of amides is 1. The SMILES string of the molecule is CCCCCCCOc1ccc(-c2cnc(-c3ccc(C[C@@H](CO)NC(=O)c4cccc(N5CCCC5)c4)cc3)nc2)cc1. The Labute approximate surface area is 261 Å². The lowest BCUT2D eigenvalue weighted by atomic mass is 10.0. The molecule has 0 spiro atoms. The number of hydrogen-bond donors (Lipinski definition) is 2. The third kappa shape index (κ3) is 8.66. The molecule has 0 radical (unpaired) electrons. The molecule has 4 aromatic rings. The molecule has 5 rings (SSSR count). The summed E-state index contributed by atoms with van der Waals surface area (Å²) in [6.45, 7) is 4.89. The van der Waals surface area contributed by atoms with Crippen LogP contribution in [0.4, 0.5) is 5.69 Å². The number of nitrogens with zero attached hydrogens (tertiary/aromatic N) is 3. The number of rotatable bonds is 15. The molecule has 1 fully saturated rings. The molecule has 0 aliphatic carbocycles. The molecular formula is C37H44N4O3. The van der Waals surface area contributed by atoms with Gasteiger partial charge in [-0.25, -0.2) is 9.97 Å². The molecular weight excluding hydrogens is 548 g/mol. The summed E-state index contributed by atoms with van der Waals surface area (Å²) >= 11 is 0. The second kappa shape index (κ2) is 16.0. The van der Waals surface area contributed by atoms with Gasteiger partial charge >= 0.3 is 0 Å². The number of benzene rings is 3. The first-order valence-electron chi connectivity index (χ1n) is 16.0. The average Bonchev–Trinajstić information content (AvgIpc) is 3.62. The van der Waals surface area contributed by atoms with Crippen molar-refractivity contribution in [2.75, 3.05) is 31.2 Å². The van der Waals surface area contributed by atoms with Gasteiger partial charge in [0.15, 0.2) is 5.82 Å². The van der Waals surface area contributed by atoms with Gasteiger partial charge in [-0.1, -0.05) is 75.1 Å². The van der Waals surface area contributed by atoms with Crippen LogP contribution in [0, 0.1) is 0 Å². The molecule has 1 aliphatic rings. The van der Waals surface area contributed by atoms with Gasteiger partial charge in [-0.15, -0.1) is 0 Å². The van der Waals surface area contributed by atoms with Crippen LogP contribution in [-0.4, -0.2) is 53.3 Å². The Bertz CT molecular complexity index is 1450. The summed E-state index contributed by atoms with van der Waals surface area (Å²) < 4.78 is 5.89. The molecule has 2 N–H and O–H groups in total. The zero-order valence-electron chi connectivity index (χ0n) is 25.8. The van der Waals surface area contributed by atoms with Crippen LogP contribution >= 0.6 is 0 Å². The highest BCUT2D eigenvalue weighted by atomic mass is 16.5. The summed E-state index contributed by atoms with van der Waals surface area (Å²) in [6.07, 6.45) is 12.7. The molecule has 0 unspecified atom stereocenters. The standard InChI is InChI=1S/C37H44N4O3/c1-2-3-4-5-8-22-44-35-18-16-29(17-19-35)32-25-38-36(39-26-32)30-14-12-28(13-15-30)23-33(27-42)40-37(43)31-10-9-11-34(24-31)41-20-6-7-21-41/h9-19,24-26,33,42H,2-8,20-23,27H2,1H3,(H,40,43)/t33-/m0/s1. The monoisotopic (exact) mass is 592 g/mol. The molecule has 3 aromatic carbocycles. The summed E-state index contributed by atoms with van der Waals surface area (Å²) in [5.41, 5.74) is 5.60. The third-order valence-corrected chi connectivity index (χ3v) is 8.19. The van der Waals surface area contributed by atoms with E-state index in [0.717, 1.165) is 59.8 Å². The van der Waals surface area contributed by atoms with Crippen LogP contribution in [0.3, 0.4) is 0 Å². The van der Waals surface area contributed by atoms with E-state index in [4.69, 9.17) is 4.74 Å². The number of carbonyl (C=O) groups is 1. The summed E-state index contributed by atoms with van der Waals surface area (Å²) in [4.78, 5) is 24.5. The van der Waals surface area contributed by atoms with Crippen molar-refractivity contribution in [1.29, 1.82) is 0 Å². The van der Waals surface area contributed by atoms with Gasteiger partial charge in [-0.3, -0.25) is 4.79 Å². The van der Waals surface area contributed by atoms with Crippen LogP contribution in [0.25, 0.3) is 22.5 Å². The minimum Gasteiger partial charge on any atom is -0.494 e. The van der Waals surface area contributed by atoms with Gasteiger partial charge in [-0.05, 0) is 67.1 Å². The molecule has 230 valence electrons. The molecule has 0 saturated carbocycles. The second-order valence-electron chi connectivity index (χ2n) is 11.6. The van der Waals surface area contributed by atoms with Crippen molar-refractivity contribution in [3.63, 3.8) is 0 Å². The molecule has 1 atom stereocenters. The predicted molar refractivity (Wildman–Crippen MR) is 177 cm³/mol. The maximum Gasteiger partial charge on any atom is 0.251 e. The molecule has 7 nitrogen and oxygen atoms in total. The van der Waals surface area contributed by atoms with E-state index < -0.39 is 0 Å². The van der Waals surface area contributed by atoms with E-state index in [1.807, 2.05) is 79.1 Å². The number of aliphatic hydroxyl groups is 1. The lowest BCUT2D eigenvalue weighted by molar-refractivity contribution is 0.0916. The molecule has 2 heterocycles. The lowest BCUT2D eigenvalue weighted by Crippen LogP contribution is -2.39. The summed E-state index contributed by atoms with van der Waals surface area (Å²) in [5, 5.41) is 13.0. The van der Waals surface area contributed by atoms with E-state index in [-0.39, 0.29) is 18.6 Å². The van der Waals surface area contributed by atoms with Crippen LogP contribution in [0.5, 0.6) is 5.75 Å². The number of aliphatic hydroxyl groups excluding tert-OH is 1. The highest BCUT2D eigenvalue weighted by Gasteiger charge is 2.17. The topological polar surface area (TPSA) is 87.6 Å². The summed E-state index contributed by atoms with van der Waals surface area (Å²) in [5.74, 6) is 1.36. The Morgan fingerprint density at radius 2 is 1.59 bits per heavy atom. The minimum absolute atomic E-state index is 0.143. The van der Waals surface area contributed by atoms with Crippen LogP contribution in [0.1, 0.15) is 67.8 Å². The molecule has 7 heteroatoms. The molecule has 1 aromatic heterocycles. The Morgan fingerprint density at radius 3 is 2.30 bits per heavy atom. The highest BCUT2D eigenvalue weighted by Crippen LogP contribution is 2.24. The quantitative estimate of drug-likeness (QED) is 0.143. The predicted octanol–water partition coefficient (Wildman–Crippen LogP) is 7.09. The number of anilines is 1. The fourth-order valence-corrected chi connectivity index (χ4v) is 5.59. The van der Waals surface area contributed by atoms with Crippen LogP contribution in [0.2, 0.25) is 0 Å². The number of carbonyl (C=O) groups excluding carboxylic acids is 1. The van der Waals surface area contributed by atoms with E-state index in [9.17, 15) is 9.90 Å².